The van der Waals surface area contributed by atoms with Crippen molar-refractivity contribution in [2.45, 2.75) is 19.8 Å². The maximum Gasteiger partial charge on any atom is 0.227 e. The van der Waals surface area contributed by atoms with Crippen molar-refractivity contribution in [3.05, 3.63) is 48.1 Å². The first kappa shape index (κ1) is 15.2. The van der Waals surface area contributed by atoms with Crippen LogP contribution in [-0.4, -0.2) is 24.0 Å². The number of rotatable bonds is 5. The fourth-order valence-corrected chi connectivity index (χ4v) is 2.33. The summed E-state index contributed by atoms with van der Waals surface area (Å²) in [4.78, 5) is 13.2. The third-order valence-corrected chi connectivity index (χ3v) is 3.24. The van der Waals surface area contributed by atoms with Crippen LogP contribution in [0.4, 0.5) is 8.78 Å². The number of allylic oxidation sites excluding steroid dienone is 1. The molecular weight excluding hydrogens is 276 g/mol. The zero-order valence-electron chi connectivity index (χ0n) is 11.9. The molecule has 0 saturated carbocycles. The van der Waals surface area contributed by atoms with E-state index in [1.54, 1.807) is 13.0 Å². The van der Waals surface area contributed by atoms with Gasteiger partial charge < -0.3 is 9.64 Å². The Balaban J connectivity index is 2.41. The van der Waals surface area contributed by atoms with Crippen molar-refractivity contribution in [1.29, 1.82) is 0 Å². The molecule has 3 nitrogen and oxygen atoms in total. The third kappa shape index (κ3) is 3.12. The normalized spacial score (nSPS) is 14.9. The highest BCUT2D eigenvalue weighted by atomic mass is 19.1. The summed E-state index contributed by atoms with van der Waals surface area (Å²) in [5.41, 5.74) is 0.106. The number of amides is 1. The summed E-state index contributed by atoms with van der Waals surface area (Å²) in [6.45, 7) is 5.79. The lowest BCUT2D eigenvalue weighted by molar-refractivity contribution is -0.128. The van der Waals surface area contributed by atoms with Crippen molar-refractivity contribution in [1.82, 2.24) is 4.90 Å². The second kappa shape index (κ2) is 6.52. The zero-order valence-corrected chi connectivity index (χ0v) is 11.9. The Morgan fingerprint density at radius 2 is 2.05 bits per heavy atom. The van der Waals surface area contributed by atoms with Crippen LogP contribution >= 0.6 is 0 Å². The standard InChI is InChI=1S/C16H17F2NO2/c1-3-8-21-11-9-12(17)16(13(18)10-11)14-6-5-7-15(20)19(14)4-2/h3,6,9-10H,1,4-5,7-8H2,2H3. The van der Waals surface area contributed by atoms with E-state index in [0.29, 0.717) is 25.1 Å². The average Bonchev–Trinajstić information content (AvgIpc) is 2.44. The van der Waals surface area contributed by atoms with E-state index in [0.717, 1.165) is 12.1 Å². The van der Waals surface area contributed by atoms with Crippen molar-refractivity contribution in [3.63, 3.8) is 0 Å². The maximum absolute atomic E-state index is 14.2. The topological polar surface area (TPSA) is 29.5 Å². The van der Waals surface area contributed by atoms with E-state index >= 15 is 0 Å². The molecule has 0 aromatic heterocycles. The molecule has 2 rings (SSSR count). The lowest BCUT2D eigenvalue weighted by Crippen LogP contribution is -2.32. The highest BCUT2D eigenvalue weighted by Gasteiger charge is 2.26. The summed E-state index contributed by atoms with van der Waals surface area (Å²) in [5.74, 6) is -1.51. The van der Waals surface area contributed by atoms with E-state index in [1.807, 2.05) is 0 Å². The molecule has 21 heavy (non-hydrogen) atoms. The van der Waals surface area contributed by atoms with Gasteiger partial charge in [-0.25, -0.2) is 8.78 Å². The van der Waals surface area contributed by atoms with E-state index in [9.17, 15) is 13.6 Å². The van der Waals surface area contributed by atoms with Crippen LogP contribution in [0.3, 0.4) is 0 Å². The molecule has 1 heterocycles. The van der Waals surface area contributed by atoms with Gasteiger partial charge >= 0.3 is 0 Å². The summed E-state index contributed by atoms with van der Waals surface area (Å²) >= 11 is 0. The van der Waals surface area contributed by atoms with Gasteiger partial charge in [-0.15, -0.1) is 0 Å². The lowest BCUT2D eigenvalue weighted by Gasteiger charge is -2.28. The molecule has 0 spiro atoms. The minimum Gasteiger partial charge on any atom is -0.489 e. The summed E-state index contributed by atoms with van der Waals surface area (Å²) in [7, 11) is 0. The molecule has 0 aliphatic carbocycles. The minimum atomic E-state index is -0.742. The number of hydrogen-bond acceptors (Lipinski definition) is 2. The van der Waals surface area contributed by atoms with E-state index in [2.05, 4.69) is 6.58 Å². The van der Waals surface area contributed by atoms with E-state index in [4.69, 9.17) is 4.74 Å². The van der Waals surface area contributed by atoms with Crippen LogP contribution in [-0.2, 0) is 4.79 Å². The van der Waals surface area contributed by atoms with Gasteiger partial charge in [-0.1, -0.05) is 18.7 Å². The first-order valence-electron chi connectivity index (χ1n) is 6.82. The van der Waals surface area contributed by atoms with Crippen LogP contribution in [0.15, 0.2) is 30.9 Å². The Bertz CT molecular complexity index is 573. The largest absolute Gasteiger partial charge is 0.489 e. The molecular formula is C16H17F2NO2. The monoisotopic (exact) mass is 293 g/mol. The van der Waals surface area contributed by atoms with Gasteiger partial charge in [0.05, 0.1) is 11.3 Å². The first-order chi connectivity index (χ1) is 10.1. The predicted octanol–water partition coefficient (Wildman–Crippen LogP) is 3.51. The van der Waals surface area contributed by atoms with Crippen LogP contribution < -0.4 is 4.74 Å². The number of benzene rings is 1. The molecule has 1 aromatic rings. The molecule has 0 radical (unpaired) electrons. The van der Waals surface area contributed by atoms with Crippen molar-refractivity contribution in [2.75, 3.05) is 13.2 Å². The Hall–Kier alpha value is -2.17. The quantitative estimate of drug-likeness (QED) is 0.777. The van der Waals surface area contributed by atoms with Gasteiger partial charge in [0.15, 0.2) is 0 Å². The summed E-state index contributed by atoms with van der Waals surface area (Å²) in [6.07, 6.45) is 4.03. The van der Waals surface area contributed by atoms with Crippen molar-refractivity contribution in [3.8, 4) is 5.75 Å². The van der Waals surface area contributed by atoms with Crippen molar-refractivity contribution >= 4 is 11.6 Å². The number of hydrogen-bond donors (Lipinski definition) is 0. The van der Waals surface area contributed by atoms with Crippen LogP contribution in [0.5, 0.6) is 5.75 Å². The smallest absolute Gasteiger partial charge is 0.227 e. The lowest BCUT2D eigenvalue weighted by atomic mass is 10.0. The zero-order chi connectivity index (χ0) is 15.4. The Labute approximate surface area is 122 Å². The second-order valence-corrected chi connectivity index (χ2v) is 4.63. The number of ether oxygens (including phenoxy) is 1. The third-order valence-electron chi connectivity index (χ3n) is 3.24. The number of carbonyl (C=O) groups is 1. The van der Waals surface area contributed by atoms with Gasteiger partial charge in [0.1, 0.15) is 24.0 Å². The van der Waals surface area contributed by atoms with Gasteiger partial charge in [-0.2, -0.15) is 0 Å². The second-order valence-electron chi connectivity index (χ2n) is 4.63. The predicted molar refractivity (Wildman–Crippen MR) is 76.6 cm³/mol. The molecule has 0 unspecified atom stereocenters. The molecule has 0 N–H and O–H groups in total. The van der Waals surface area contributed by atoms with E-state index in [-0.39, 0.29) is 23.8 Å². The molecule has 112 valence electrons. The number of carbonyl (C=O) groups excluding carboxylic acids is 1. The Kier molecular flexibility index (Phi) is 4.73. The number of nitrogens with zero attached hydrogens (tertiary/aromatic N) is 1. The van der Waals surface area contributed by atoms with Gasteiger partial charge in [0.25, 0.3) is 0 Å². The molecule has 1 aliphatic heterocycles. The molecule has 1 aliphatic rings. The molecule has 1 amide bonds. The van der Waals surface area contributed by atoms with Crippen molar-refractivity contribution < 1.29 is 18.3 Å². The summed E-state index contributed by atoms with van der Waals surface area (Å²) in [6, 6.07) is 2.24. The highest BCUT2D eigenvalue weighted by molar-refractivity contribution is 5.89. The maximum atomic E-state index is 14.2. The molecule has 5 heteroatoms. The number of halogens is 2. The Morgan fingerprint density at radius 1 is 1.38 bits per heavy atom. The van der Waals surface area contributed by atoms with Crippen molar-refractivity contribution in [2.24, 2.45) is 0 Å². The van der Waals surface area contributed by atoms with Crippen LogP contribution in [0, 0.1) is 11.6 Å². The molecule has 0 saturated heterocycles. The molecule has 0 atom stereocenters. The average molecular weight is 293 g/mol. The molecule has 0 fully saturated rings. The fraction of sp³-hybridized carbons (Fsp3) is 0.312. The Morgan fingerprint density at radius 3 is 2.62 bits per heavy atom. The summed E-state index contributed by atoms with van der Waals surface area (Å²) in [5, 5.41) is 0. The molecule has 0 bridgehead atoms. The molecule has 1 aromatic carbocycles. The van der Waals surface area contributed by atoms with Gasteiger partial charge in [0.2, 0.25) is 5.91 Å². The summed E-state index contributed by atoms with van der Waals surface area (Å²) < 4.78 is 33.6. The minimum absolute atomic E-state index is 0.0967. The first-order valence-corrected chi connectivity index (χ1v) is 6.82. The van der Waals surface area contributed by atoms with E-state index < -0.39 is 11.6 Å². The van der Waals surface area contributed by atoms with Gasteiger partial charge in [-0.3, -0.25) is 4.79 Å². The van der Waals surface area contributed by atoms with Crippen LogP contribution in [0.1, 0.15) is 25.3 Å². The highest BCUT2D eigenvalue weighted by Crippen LogP contribution is 2.31. The van der Waals surface area contributed by atoms with E-state index in [1.165, 1.54) is 11.0 Å². The fourth-order valence-electron chi connectivity index (χ4n) is 2.33. The van der Waals surface area contributed by atoms with Crippen LogP contribution in [0.25, 0.3) is 5.70 Å². The SMILES string of the molecule is C=CCOc1cc(F)c(C2=CCCC(=O)N2CC)c(F)c1. The van der Waals surface area contributed by atoms with Gasteiger partial charge in [0, 0.05) is 25.1 Å². The van der Waals surface area contributed by atoms with Crippen LogP contribution in [0.2, 0.25) is 0 Å². The van der Waals surface area contributed by atoms with Gasteiger partial charge in [-0.05, 0) is 13.3 Å².